The lowest BCUT2D eigenvalue weighted by molar-refractivity contribution is -0.136. The highest BCUT2D eigenvalue weighted by Gasteiger charge is 2.34. The highest BCUT2D eigenvalue weighted by atomic mass is 19.4. The molecule has 1 aromatic carbocycles. The predicted octanol–water partition coefficient (Wildman–Crippen LogP) is 4.08. The van der Waals surface area contributed by atoms with Crippen LogP contribution in [0.2, 0.25) is 0 Å². The first-order valence-corrected chi connectivity index (χ1v) is 9.49. The number of ether oxygens (including phenoxy) is 1. The number of carbonyl (C=O) groups is 2. The van der Waals surface area contributed by atoms with Crippen LogP contribution in [0.3, 0.4) is 0 Å². The molecule has 2 aromatic rings. The molecule has 7 nitrogen and oxygen atoms in total. The molecule has 0 aliphatic carbocycles. The molecule has 10 heteroatoms. The molecule has 0 unspecified atom stereocenters. The van der Waals surface area contributed by atoms with Crippen LogP contribution in [-0.2, 0) is 15.8 Å². The number of rotatable bonds is 6. The third-order valence-electron chi connectivity index (χ3n) is 4.94. The zero-order chi connectivity index (χ0) is 22.4. The van der Waals surface area contributed by atoms with Crippen LogP contribution in [-0.4, -0.2) is 36.9 Å². The van der Waals surface area contributed by atoms with Gasteiger partial charge in [0.05, 0.1) is 18.3 Å². The molecule has 1 aliphatic rings. The topological polar surface area (TPSA) is 75.9 Å². The monoisotopic (exact) mass is 432 g/mol. The van der Waals surface area contributed by atoms with Gasteiger partial charge in [0.15, 0.2) is 12.0 Å². The van der Waals surface area contributed by atoms with Gasteiger partial charge in [-0.25, -0.2) is 9.83 Å². The maximum absolute atomic E-state index is 13.2. The first-order chi connectivity index (χ1) is 14.8. The second-order valence-corrected chi connectivity index (χ2v) is 6.92. The Morgan fingerprint density at radius 2 is 2.03 bits per heavy atom. The zero-order valence-corrected chi connectivity index (χ0v) is 16.4. The lowest BCUT2D eigenvalue weighted by atomic mass is 9.95. The van der Waals surface area contributed by atoms with E-state index in [1.165, 1.54) is 18.3 Å². The molecule has 2 heterocycles. The van der Waals surface area contributed by atoms with Gasteiger partial charge in [-0.05, 0) is 37.1 Å². The molecule has 0 bridgehead atoms. The Labute approximate surface area is 176 Å². The fraction of sp³-hybridized carbons (Fsp3) is 0.333. The number of pyridine rings is 1. The average molecular weight is 432 g/mol. The van der Waals surface area contributed by atoms with E-state index in [1.54, 1.807) is 17.0 Å². The summed E-state index contributed by atoms with van der Waals surface area (Å²) < 4.78 is 44.7. The number of alkyl halides is 3. The Balaban J connectivity index is 1.59. The van der Waals surface area contributed by atoms with Crippen LogP contribution in [0.1, 0.15) is 18.4 Å². The van der Waals surface area contributed by atoms with E-state index in [9.17, 15) is 22.8 Å². The van der Waals surface area contributed by atoms with Crippen LogP contribution >= 0.6 is 0 Å². The van der Waals surface area contributed by atoms with Gasteiger partial charge < -0.3 is 15.0 Å². The normalized spacial score (nSPS) is 14.6. The molecule has 162 valence electrons. The maximum atomic E-state index is 13.2. The number of hydrogen-bond donors (Lipinski definition) is 1. The van der Waals surface area contributed by atoms with Crippen molar-refractivity contribution in [3.8, 4) is 5.75 Å². The van der Waals surface area contributed by atoms with Crippen LogP contribution in [0.4, 0.5) is 30.4 Å². The number of nitrogens with one attached hydrogen (secondary N) is 1. The van der Waals surface area contributed by atoms with E-state index in [0.717, 1.165) is 6.07 Å². The molecule has 1 amide bonds. The van der Waals surface area contributed by atoms with Crippen molar-refractivity contribution >= 4 is 29.4 Å². The Kier molecular flexibility index (Phi) is 6.74. The van der Waals surface area contributed by atoms with Crippen LogP contribution in [0.15, 0.2) is 36.5 Å². The molecular weight excluding hydrogens is 413 g/mol. The van der Waals surface area contributed by atoms with Crippen LogP contribution < -0.4 is 15.0 Å². The summed E-state index contributed by atoms with van der Waals surface area (Å²) >= 11 is 0. The van der Waals surface area contributed by atoms with E-state index in [0.29, 0.717) is 49.5 Å². The number of piperidine rings is 1. The lowest BCUT2D eigenvalue weighted by Crippen LogP contribution is -2.38. The van der Waals surface area contributed by atoms with Crippen molar-refractivity contribution < 1.29 is 27.5 Å². The van der Waals surface area contributed by atoms with Crippen molar-refractivity contribution in [3.63, 3.8) is 0 Å². The number of amides is 1. The average Bonchev–Trinajstić information content (AvgIpc) is 2.77. The number of benzene rings is 1. The minimum absolute atomic E-state index is 0.0863. The van der Waals surface area contributed by atoms with Gasteiger partial charge in [0.25, 0.3) is 0 Å². The molecule has 31 heavy (non-hydrogen) atoms. The molecule has 0 saturated carbocycles. The fourth-order valence-electron chi connectivity index (χ4n) is 3.34. The first kappa shape index (κ1) is 22.1. The van der Waals surface area contributed by atoms with Crippen molar-refractivity contribution in [2.45, 2.75) is 19.0 Å². The van der Waals surface area contributed by atoms with E-state index < -0.39 is 17.4 Å². The molecule has 1 fully saturated rings. The van der Waals surface area contributed by atoms with Gasteiger partial charge in [0, 0.05) is 24.7 Å². The number of hydrogen-bond acceptors (Lipinski definition) is 5. The Morgan fingerprint density at radius 3 is 2.61 bits per heavy atom. The molecule has 0 spiro atoms. The summed E-state index contributed by atoms with van der Waals surface area (Å²) in [4.78, 5) is 31.6. The zero-order valence-electron chi connectivity index (χ0n) is 16.4. The Bertz CT molecular complexity index is 979. The molecule has 0 radical (unpaired) electrons. The number of nitrogens with zero attached hydrogens (tertiary/aromatic N) is 3. The van der Waals surface area contributed by atoms with E-state index in [-0.39, 0.29) is 18.4 Å². The van der Waals surface area contributed by atoms with Gasteiger partial charge in [-0.1, -0.05) is 6.07 Å². The van der Waals surface area contributed by atoms with Gasteiger partial charge in [-0.2, -0.15) is 13.2 Å². The molecule has 1 aromatic heterocycles. The second-order valence-electron chi connectivity index (χ2n) is 6.92. The van der Waals surface area contributed by atoms with Crippen LogP contribution in [0.5, 0.6) is 5.75 Å². The van der Waals surface area contributed by atoms with Gasteiger partial charge in [0.1, 0.15) is 18.2 Å². The molecular formula is C21H19F3N4O3. The number of anilines is 2. The predicted molar refractivity (Wildman–Crippen MR) is 107 cm³/mol. The summed E-state index contributed by atoms with van der Waals surface area (Å²) in [6, 6.07) is 6.82. The van der Waals surface area contributed by atoms with Crippen LogP contribution in [0.25, 0.3) is 4.85 Å². The van der Waals surface area contributed by atoms with E-state index in [1.807, 2.05) is 0 Å². The number of carbonyl (C=O) groups excluding carboxylic acids is 2. The highest BCUT2D eigenvalue weighted by molar-refractivity contribution is 5.91. The second kappa shape index (κ2) is 9.47. The van der Waals surface area contributed by atoms with Crippen molar-refractivity contribution in [2.75, 3.05) is 29.9 Å². The number of aromatic nitrogens is 1. The highest BCUT2D eigenvalue weighted by Crippen LogP contribution is 2.39. The molecule has 1 aliphatic heterocycles. The van der Waals surface area contributed by atoms with Crippen molar-refractivity contribution in [1.29, 1.82) is 0 Å². The van der Waals surface area contributed by atoms with Crippen molar-refractivity contribution in [1.82, 2.24) is 4.98 Å². The van der Waals surface area contributed by atoms with E-state index in [2.05, 4.69) is 15.1 Å². The smallest absolute Gasteiger partial charge is 0.407 e. The molecule has 3 rings (SSSR count). The van der Waals surface area contributed by atoms with Crippen molar-refractivity contribution in [3.05, 3.63) is 53.5 Å². The van der Waals surface area contributed by atoms with Crippen molar-refractivity contribution in [2.24, 2.45) is 5.92 Å². The summed E-state index contributed by atoms with van der Waals surface area (Å²) in [5, 5.41) is 2.72. The Morgan fingerprint density at radius 1 is 1.29 bits per heavy atom. The summed E-state index contributed by atoms with van der Waals surface area (Å²) in [5.41, 5.74) is -1.00. The minimum atomic E-state index is -4.60. The molecule has 1 N–H and O–H groups in total. The van der Waals surface area contributed by atoms with Gasteiger partial charge >= 0.3 is 6.18 Å². The maximum Gasteiger partial charge on any atom is 0.407 e. The minimum Gasteiger partial charge on any atom is -0.485 e. The summed E-state index contributed by atoms with van der Waals surface area (Å²) in [5.74, 6) is 0.234. The summed E-state index contributed by atoms with van der Waals surface area (Å²) in [6.45, 7) is 7.67. The van der Waals surface area contributed by atoms with Gasteiger partial charge in [0.2, 0.25) is 5.91 Å². The standard InChI is InChI=1S/C21H19F3N4O3/c1-25-18-4-2-15(12-17(18)21(22,23)24)28-8-6-14(7-9-28)20(30)27-19-5-3-16(13-26-19)31-11-10-29/h2-5,10,12-14H,6-9,11H2,(H,26,27,30). The quantitative estimate of drug-likeness (QED) is 0.550. The third kappa shape index (κ3) is 5.51. The van der Waals surface area contributed by atoms with Crippen LogP contribution in [0, 0.1) is 12.5 Å². The number of halogens is 3. The number of aldehydes is 1. The largest absolute Gasteiger partial charge is 0.485 e. The Hall–Kier alpha value is -3.61. The lowest BCUT2D eigenvalue weighted by Gasteiger charge is -2.33. The molecule has 0 atom stereocenters. The summed E-state index contributed by atoms with van der Waals surface area (Å²) in [7, 11) is 0. The summed E-state index contributed by atoms with van der Waals surface area (Å²) in [6.07, 6.45) is -1.65. The van der Waals surface area contributed by atoms with Gasteiger partial charge in [-0.3, -0.25) is 9.59 Å². The molecule has 1 saturated heterocycles. The van der Waals surface area contributed by atoms with E-state index >= 15 is 0 Å². The SMILES string of the molecule is [C-]#[N+]c1ccc(N2CCC(C(=O)Nc3ccc(OCC=O)cn3)CC2)cc1C(F)(F)F. The van der Waals surface area contributed by atoms with E-state index in [4.69, 9.17) is 11.3 Å². The fourth-order valence-corrected chi connectivity index (χ4v) is 3.34. The first-order valence-electron chi connectivity index (χ1n) is 9.49. The van der Waals surface area contributed by atoms with Gasteiger partial charge in [-0.15, -0.1) is 0 Å². The third-order valence-corrected chi connectivity index (χ3v) is 4.94.